The van der Waals surface area contributed by atoms with Crippen LogP contribution in [0, 0.1) is 0 Å². The van der Waals surface area contributed by atoms with Crippen molar-refractivity contribution in [2.75, 3.05) is 6.54 Å². The van der Waals surface area contributed by atoms with Crippen LogP contribution in [-0.4, -0.2) is 11.7 Å². The summed E-state index contributed by atoms with van der Waals surface area (Å²) in [5, 5.41) is 13.2. The number of nitrogens with two attached hydrogens (primary N) is 1. The van der Waals surface area contributed by atoms with Gasteiger partial charge in [-0.3, -0.25) is 0 Å². The molecule has 0 heterocycles. The molecule has 0 saturated heterocycles. The van der Waals surface area contributed by atoms with Crippen molar-refractivity contribution < 1.29 is 10.4 Å². The van der Waals surface area contributed by atoms with E-state index in [4.69, 9.17) is 23.2 Å². The molecule has 0 spiro atoms. The van der Waals surface area contributed by atoms with Crippen molar-refractivity contribution in [1.29, 1.82) is 0 Å². The number of hydrogen-bond acceptors (Lipinski definition) is 1. The quantitative estimate of drug-likeness (QED) is 0.875. The average Bonchev–Trinajstić information content (AvgIpc) is 2.43. The van der Waals surface area contributed by atoms with Crippen molar-refractivity contribution >= 4 is 23.2 Å². The third-order valence-electron chi connectivity index (χ3n) is 2.94. The SMILES string of the molecule is O[C@H](C[NH2+]Cc1ccc(Cl)c(Cl)c1)c1ccccc1. The predicted octanol–water partition coefficient (Wildman–Crippen LogP) is 2.79. The smallest absolute Gasteiger partial charge is 0.128 e. The Hall–Kier alpha value is -1.06. The Balaban J connectivity index is 1.85. The van der Waals surface area contributed by atoms with Crippen LogP contribution in [0.5, 0.6) is 0 Å². The van der Waals surface area contributed by atoms with Crippen LogP contribution in [0.25, 0.3) is 0 Å². The molecule has 2 aromatic carbocycles. The average molecular weight is 297 g/mol. The monoisotopic (exact) mass is 296 g/mol. The van der Waals surface area contributed by atoms with Gasteiger partial charge in [0.25, 0.3) is 0 Å². The van der Waals surface area contributed by atoms with E-state index in [1.54, 1.807) is 6.07 Å². The number of rotatable bonds is 5. The molecule has 0 aliphatic carbocycles. The largest absolute Gasteiger partial charge is 0.382 e. The molecule has 0 radical (unpaired) electrons. The third kappa shape index (κ3) is 4.22. The van der Waals surface area contributed by atoms with Gasteiger partial charge in [0.15, 0.2) is 0 Å². The lowest BCUT2D eigenvalue weighted by Gasteiger charge is -2.10. The van der Waals surface area contributed by atoms with Gasteiger partial charge in [-0.15, -0.1) is 0 Å². The highest BCUT2D eigenvalue weighted by Crippen LogP contribution is 2.22. The van der Waals surface area contributed by atoms with Crippen molar-refractivity contribution in [3.05, 3.63) is 69.7 Å². The molecule has 2 aromatic rings. The molecule has 0 fully saturated rings. The van der Waals surface area contributed by atoms with Crippen LogP contribution in [0.2, 0.25) is 10.0 Å². The molecule has 19 heavy (non-hydrogen) atoms. The van der Waals surface area contributed by atoms with Crippen LogP contribution < -0.4 is 5.32 Å². The maximum atomic E-state index is 10.0. The molecule has 0 saturated carbocycles. The van der Waals surface area contributed by atoms with Crippen molar-refractivity contribution in [2.24, 2.45) is 0 Å². The summed E-state index contributed by atoms with van der Waals surface area (Å²) in [6.07, 6.45) is -0.455. The van der Waals surface area contributed by atoms with Crippen LogP contribution in [0.3, 0.4) is 0 Å². The highest BCUT2D eigenvalue weighted by atomic mass is 35.5. The molecular formula is C15H16Cl2NO+. The standard InChI is InChI=1S/C15H15Cl2NO/c16-13-7-6-11(8-14(13)17)9-18-10-15(19)12-4-2-1-3-5-12/h1-8,15,18-19H,9-10H2/p+1/t15-/m1/s1. The van der Waals surface area contributed by atoms with Gasteiger partial charge in [-0.05, 0) is 17.7 Å². The van der Waals surface area contributed by atoms with Gasteiger partial charge in [0.05, 0.1) is 10.0 Å². The van der Waals surface area contributed by atoms with E-state index >= 15 is 0 Å². The number of aliphatic hydroxyl groups excluding tert-OH is 1. The normalized spacial score (nSPS) is 12.4. The minimum atomic E-state index is -0.455. The van der Waals surface area contributed by atoms with E-state index in [-0.39, 0.29) is 0 Å². The lowest BCUT2D eigenvalue weighted by molar-refractivity contribution is -0.677. The number of hydrogen-bond donors (Lipinski definition) is 2. The zero-order valence-electron chi connectivity index (χ0n) is 10.4. The molecule has 100 valence electrons. The van der Waals surface area contributed by atoms with E-state index < -0.39 is 6.10 Å². The summed E-state index contributed by atoms with van der Waals surface area (Å²) < 4.78 is 0. The van der Waals surface area contributed by atoms with E-state index in [9.17, 15) is 5.11 Å². The number of aliphatic hydroxyl groups is 1. The van der Waals surface area contributed by atoms with Crippen LogP contribution in [0.15, 0.2) is 48.5 Å². The number of benzene rings is 2. The third-order valence-corrected chi connectivity index (χ3v) is 3.68. The molecular weight excluding hydrogens is 281 g/mol. The second kappa shape index (κ2) is 6.92. The van der Waals surface area contributed by atoms with Crippen molar-refractivity contribution in [3.63, 3.8) is 0 Å². The highest BCUT2D eigenvalue weighted by molar-refractivity contribution is 6.42. The van der Waals surface area contributed by atoms with E-state index in [1.165, 1.54) is 0 Å². The van der Waals surface area contributed by atoms with Gasteiger partial charge in [-0.1, -0.05) is 59.6 Å². The van der Waals surface area contributed by atoms with Crippen molar-refractivity contribution in [3.8, 4) is 0 Å². The Kier molecular flexibility index (Phi) is 5.23. The van der Waals surface area contributed by atoms with Crippen LogP contribution >= 0.6 is 23.2 Å². The molecule has 0 bridgehead atoms. The van der Waals surface area contributed by atoms with Crippen LogP contribution in [0.4, 0.5) is 0 Å². The highest BCUT2D eigenvalue weighted by Gasteiger charge is 2.09. The Morgan fingerprint density at radius 1 is 1.00 bits per heavy atom. The molecule has 2 rings (SSSR count). The maximum Gasteiger partial charge on any atom is 0.128 e. The zero-order valence-corrected chi connectivity index (χ0v) is 11.9. The molecule has 2 nitrogen and oxygen atoms in total. The van der Waals surface area contributed by atoms with Crippen molar-refractivity contribution in [1.82, 2.24) is 0 Å². The Morgan fingerprint density at radius 2 is 1.74 bits per heavy atom. The Bertz CT molecular complexity index is 531. The summed E-state index contributed by atoms with van der Waals surface area (Å²) in [7, 11) is 0. The van der Waals surface area contributed by atoms with Gasteiger partial charge in [0.2, 0.25) is 0 Å². The van der Waals surface area contributed by atoms with Gasteiger partial charge in [-0.2, -0.15) is 0 Å². The summed E-state index contributed by atoms with van der Waals surface area (Å²) in [5.41, 5.74) is 2.03. The van der Waals surface area contributed by atoms with Gasteiger partial charge >= 0.3 is 0 Å². The lowest BCUT2D eigenvalue weighted by Crippen LogP contribution is -2.83. The summed E-state index contributed by atoms with van der Waals surface area (Å²) in [5.74, 6) is 0. The fourth-order valence-electron chi connectivity index (χ4n) is 1.89. The predicted molar refractivity (Wildman–Crippen MR) is 78.4 cm³/mol. The van der Waals surface area contributed by atoms with Gasteiger partial charge < -0.3 is 10.4 Å². The lowest BCUT2D eigenvalue weighted by atomic mass is 10.1. The first-order valence-electron chi connectivity index (χ1n) is 6.15. The molecule has 3 N–H and O–H groups in total. The summed E-state index contributed by atoms with van der Waals surface area (Å²) >= 11 is 11.8. The van der Waals surface area contributed by atoms with E-state index in [2.05, 4.69) is 5.32 Å². The molecule has 0 aliphatic heterocycles. The molecule has 1 atom stereocenters. The molecule has 0 unspecified atom stereocenters. The molecule has 0 aromatic heterocycles. The van der Waals surface area contributed by atoms with E-state index in [0.717, 1.165) is 17.7 Å². The van der Waals surface area contributed by atoms with E-state index in [1.807, 2.05) is 42.5 Å². The number of halogens is 2. The van der Waals surface area contributed by atoms with Crippen molar-refractivity contribution in [2.45, 2.75) is 12.6 Å². The Labute approximate surface area is 123 Å². The first-order valence-corrected chi connectivity index (χ1v) is 6.91. The van der Waals surface area contributed by atoms with Gasteiger partial charge in [-0.25, -0.2) is 0 Å². The first kappa shape index (κ1) is 14.4. The molecule has 0 amide bonds. The van der Waals surface area contributed by atoms with Crippen LogP contribution in [-0.2, 0) is 6.54 Å². The summed E-state index contributed by atoms with van der Waals surface area (Å²) in [4.78, 5) is 0. The first-order chi connectivity index (χ1) is 9.16. The summed E-state index contributed by atoms with van der Waals surface area (Å²) in [6.45, 7) is 1.38. The Morgan fingerprint density at radius 3 is 2.42 bits per heavy atom. The summed E-state index contributed by atoms with van der Waals surface area (Å²) in [6, 6.07) is 15.2. The topological polar surface area (TPSA) is 36.8 Å². The fraction of sp³-hybridized carbons (Fsp3) is 0.200. The zero-order chi connectivity index (χ0) is 13.7. The second-order valence-corrected chi connectivity index (χ2v) is 5.22. The van der Waals surface area contributed by atoms with Crippen LogP contribution in [0.1, 0.15) is 17.2 Å². The number of quaternary nitrogens is 1. The second-order valence-electron chi connectivity index (χ2n) is 4.40. The van der Waals surface area contributed by atoms with Gasteiger partial charge in [0, 0.05) is 5.56 Å². The fourth-order valence-corrected chi connectivity index (χ4v) is 2.21. The van der Waals surface area contributed by atoms with E-state index in [0.29, 0.717) is 16.6 Å². The maximum absolute atomic E-state index is 10.0. The molecule has 4 heteroatoms. The molecule has 0 aliphatic rings. The van der Waals surface area contributed by atoms with Gasteiger partial charge in [0.1, 0.15) is 19.2 Å². The minimum absolute atomic E-state index is 0.455. The minimum Gasteiger partial charge on any atom is -0.382 e.